The fraction of sp³-hybridized carbons (Fsp3) is 1.00. The first-order valence-electron chi connectivity index (χ1n) is 6.21. The first-order valence-corrected chi connectivity index (χ1v) is 7.37. The molecule has 1 N–H and O–H groups in total. The normalized spacial score (nSPS) is 22.6. The minimum Gasteiger partial charge on any atom is -0.313 e. The SMILES string of the molecule is CC(C)N(C)CCCNC1CCCSC1. The summed E-state index contributed by atoms with van der Waals surface area (Å²) in [7, 11) is 2.21. The van der Waals surface area contributed by atoms with Crippen molar-refractivity contribution < 1.29 is 0 Å². The van der Waals surface area contributed by atoms with Crippen LogP contribution in [0.25, 0.3) is 0 Å². The molecule has 3 heteroatoms. The molecule has 1 saturated heterocycles. The number of nitrogens with zero attached hydrogens (tertiary/aromatic N) is 1. The molecule has 0 amide bonds. The molecule has 0 saturated carbocycles. The van der Waals surface area contributed by atoms with E-state index in [-0.39, 0.29) is 0 Å². The van der Waals surface area contributed by atoms with Crippen molar-refractivity contribution in [2.45, 2.75) is 45.2 Å². The number of hydrogen-bond donors (Lipinski definition) is 1. The molecule has 0 aromatic heterocycles. The van der Waals surface area contributed by atoms with E-state index < -0.39 is 0 Å². The second kappa shape index (κ2) is 7.53. The molecule has 90 valence electrons. The molecule has 0 aromatic carbocycles. The van der Waals surface area contributed by atoms with E-state index in [2.05, 4.69) is 42.9 Å². The van der Waals surface area contributed by atoms with Gasteiger partial charge in [0.05, 0.1) is 0 Å². The quantitative estimate of drug-likeness (QED) is 0.704. The number of thioether (sulfide) groups is 1. The monoisotopic (exact) mass is 230 g/mol. The van der Waals surface area contributed by atoms with Gasteiger partial charge in [-0.2, -0.15) is 11.8 Å². The molecule has 1 rings (SSSR count). The second-order valence-corrected chi connectivity index (χ2v) is 5.95. The van der Waals surface area contributed by atoms with Gasteiger partial charge < -0.3 is 10.2 Å². The Kier molecular flexibility index (Phi) is 6.69. The Hall–Kier alpha value is 0.270. The fourth-order valence-corrected chi connectivity index (χ4v) is 2.90. The summed E-state index contributed by atoms with van der Waals surface area (Å²) in [5, 5.41) is 3.67. The van der Waals surface area contributed by atoms with Gasteiger partial charge in [-0.15, -0.1) is 0 Å². The molecule has 0 aromatic rings. The summed E-state index contributed by atoms with van der Waals surface area (Å²) in [6.45, 7) is 6.91. The van der Waals surface area contributed by atoms with Crippen LogP contribution in [0.4, 0.5) is 0 Å². The highest BCUT2D eigenvalue weighted by Crippen LogP contribution is 2.16. The minimum absolute atomic E-state index is 0.676. The van der Waals surface area contributed by atoms with Crippen LogP contribution in [0, 0.1) is 0 Å². The largest absolute Gasteiger partial charge is 0.313 e. The second-order valence-electron chi connectivity index (χ2n) is 4.80. The van der Waals surface area contributed by atoms with Crippen molar-refractivity contribution in [2.24, 2.45) is 0 Å². The standard InChI is InChI=1S/C12H26N2S/c1-11(2)14(3)8-5-7-13-12-6-4-9-15-10-12/h11-13H,4-10H2,1-3H3. The van der Waals surface area contributed by atoms with Crippen LogP contribution in [-0.4, -0.2) is 48.6 Å². The highest BCUT2D eigenvalue weighted by molar-refractivity contribution is 7.99. The lowest BCUT2D eigenvalue weighted by Crippen LogP contribution is -2.36. The van der Waals surface area contributed by atoms with Crippen LogP contribution in [0.3, 0.4) is 0 Å². The average molecular weight is 230 g/mol. The third kappa shape index (κ3) is 5.79. The van der Waals surface area contributed by atoms with Gasteiger partial charge in [-0.1, -0.05) is 0 Å². The van der Waals surface area contributed by atoms with Crippen LogP contribution in [0.1, 0.15) is 33.1 Å². The summed E-state index contributed by atoms with van der Waals surface area (Å²) in [4.78, 5) is 2.41. The summed E-state index contributed by atoms with van der Waals surface area (Å²) < 4.78 is 0. The predicted octanol–water partition coefficient (Wildman–Crippen LogP) is 2.20. The molecular weight excluding hydrogens is 204 g/mol. The van der Waals surface area contributed by atoms with E-state index in [0.717, 1.165) is 6.04 Å². The maximum absolute atomic E-state index is 3.67. The molecule has 1 unspecified atom stereocenters. The zero-order chi connectivity index (χ0) is 11.1. The summed E-state index contributed by atoms with van der Waals surface area (Å²) in [5.74, 6) is 2.69. The van der Waals surface area contributed by atoms with Gasteiger partial charge in [-0.05, 0) is 59.0 Å². The zero-order valence-electron chi connectivity index (χ0n) is 10.5. The van der Waals surface area contributed by atoms with E-state index >= 15 is 0 Å². The fourth-order valence-electron chi connectivity index (χ4n) is 1.79. The summed E-state index contributed by atoms with van der Waals surface area (Å²) in [6.07, 6.45) is 4.05. The molecule has 0 radical (unpaired) electrons. The average Bonchev–Trinajstić information content (AvgIpc) is 2.25. The van der Waals surface area contributed by atoms with Gasteiger partial charge in [0.25, 0.3) is 0 Å². The first kappa shape index (κ1) is 13.3. The number of rotatable bonds is 6. The molecule has 0 spiro atoms. The maximum atomic E-state index is 3.67. The first-order chi connectivity index (χ1) is 7.20. The topological polar surface area (TPSA) is 15.3 Å². The van der Waals surface area contributed by atoms with Crippen LogP contribution in [0.2, 0.25) is 0 Å². The van der Waals surface area contributed by atoms with Crippen LogP contribution in [0.5, 0.6) is 0 Å². The Labute approximate surface area is 99.2 Å². The number of nitrogens with one attached hydrogen (secondary N) is 1. The van der Waals surface area contributed by atoms with E-state index in [1.54, 1.807) is 0 Å². The molecule has 1 aliphatic heterocycles. The lowest BCUT2D eigenvalue weighted by molar-refractivity contribution is 0.268. The molecule has 0 aliphatic carbocycles. The molecule has 15 heavy (non-hydrogen) atoms. The molecule has 1 fully saturated rings. The van der Waals surface area contributed by atoms with Gasteiger partial charge in [-0.25, -0.2) is 0 Å². The third-order valence-electron chi connectivity index (χ3n) is 3.16. The summed E-state index contributed by atoms with van der Waals surface area (Å²) >= 11 is 2.10. The predicted molar refractivity (Wildman–Crippen MR) is 70.7 cm³/mol. The van der Waals surface area contributed by atoms with Crippen molar-refractivity contribution in [2.75, 3.05) is 31.6 Å². The minimum atomic E-state index is 0.676. The van der Waals surface area contributed by atoms with Crippen LogP contribution in [0.15, 0.2) is 0 Å². The van der Waals surface area contributed by atoms with Gasteiger partial charge in [-0.3, -0.25) is 0 Å². The summed E-state index contributed by atoms with van der Waals surface area (Å²) in [6, 6.07) is 1.46. The summed E-state index contributed by atoms with van der Waals surface area (Å²) in [5.41, 5.74) is 0. The third-order valence-corrected chi connectivity index (χ3v) is 4.38. The van der Waals surface area contributed by atoms with Crippen molar-refractivity contribution in [3.05, 3.63) is 0 Å². The van der Waals surface area contributed by atoms with E-state index in [1.807, 2.05) is 0 Å². The highest BCUT2D eigenvalue weighted by Gasteiger charge is 2.12. The van der Waals surface area contributed by atoms with Gasteiger partial charge >= 0.3 is 0 Å². The Balaban J connectivity index is 1.96. The van der Waals surface area contributed by atoms with Crippen molar-refractivity contribution in [1.82, 2.24) is 10.2 Å². The lowest BCUT2D eigenvalue weighted by atomic mass is 10.2. The molecule has 2 nitrogen and oxygen atoms in total. The van der Waals surface area contributed by atoms with Gasteiger partial charge in [0.1, 0.15) is 0 Å². The Morgan fingerprint density at radius 2 is 2.27 bits per heavy atom. The van der Waals surface area contributed by atoms with Crippen LogP contribution in [-0.2, 0) is 0 Å². The van der Waals surface area contributed by atoms with Gasteiger partial charge in [0, 0.05) is 17.8 Å². The Morgan fingerprint density at radius 3 is 2.87 bits per heavy atom. The van der Waals surface area contributed by atoms with Crippen molar-refractivity contribution in [1.29, 1.82) is 0 Å². The molecule has 1 aliphatic rings. The Morgan fingerprint density at radius 1 is 1.47 bits per heavy atom. The molecule has 0 bridgehead atoms. The highest BCUT2D eigenvalue weighted by atomic mass is 32.2. The molecular formula is C12H26N2S. The van der Waals surface area contributed by atoms with Crippen molar-refractivity contribution in [3.63, 3.8) is 0 Å². The van der Waals surface area contributed by atoms with Crippen LogP contribution >= 0.6 is 11.8 Å². The maximum Gasteiger partial charge on any atom is 0.0158 e. The smallest absolute Gasteiger partial charge is 0.0158 e. The lowest BCUT2D eigenvalue weighted by Gasteiger charge is -2.24. The van der Waals surface area contributed by atoms with E-state index in [9.17, 15) is 0 Å². The van der Waals surface area contributed by atoms with E-state index in [0.29, 0.717) is 6.04 Å². The van der Waals surface area contributed by atoms with E-state index in [1.165, 1.54) is 43.9 Å². The van der Waals surface area contributed by atoms with Gasteiger partial charge in [0.2, 0.25) is 0 Å². The molecule has 1 heterocycles. The number of hydrogen-bond acceptors (Lipinski definition) is 3. The van der Waals surface area contributed by atoms with Crippen LogP contribution < -0.4 is 5.32 Å². The zero-order valence-corrected chi connectivity index (χ0v) is 11.3. The molecule has 1 atom stereocenters. The Bertz CT molecular complexity index is 156. The van der Waals surface area contributed by atoms with Crippen molar-refractivity contribution in [3.8, 4) is 0 Å². The van der Waals surface area contributed by atoms with Gasteiger partial charge in [0.15, 0.2) is 0 Å². The van der Waals surface area contributed by atoms with Crippen molar-refractivity contribution >= 4 is 11.8 Å². The van der Waals surface area contributed by atoms with E-state index in [4.69, 9.17) is 0 Å².